The van der Waals surface area contributed by atoms with Gasteiger partial charge in [-0.05, 0) is 5.56 Å². The van der Waals surface area contributed by atoms with E-state index in [1.165, 1.54) is 5.56 Å². The summed E-state index contributed by atoms with van der Waals surface area (Å²) in [5.74, 6) is 0.0748. The van der Waals surface area contributed by atoms with Crippen LogP contribution in [-0.2, 0) is 6.54 Å². The van der Waals surface area contributed by atoms with Crippen LogP contribution in [-0.4, -0.2) is 46.8 Å². The fourth-order valence-electron chi connectivity index (χ4n) is 2.38. The number of amides is 1. The molecule has 1 aromatic heterocycles. The van der Waals surface area contributed by atoms with Crippen molar-refractivity contribution >= 4 is 5.91 Å². The zero-order valence-corrected chi connectivity index (χ0v) is 11.3. The number of carbonyl (C=O) groups is 1. The maximum atomic E-state index is 12.3. The van der Waals surface area contributed by atoms with Crippen LogP contribution in [0.3, 0.4) is 0 Å². The van der Waals surface area contributed by atoms with Crippen LogP contribution in [0.4, 0.5) is 0 Å². The Hall–Kier alpha value is -2.14. The van der Waals surface area contributed by atoms with Gasteiger partial charge in [0.2, 0.25) is 0 Å². The van der Waals surface area contributed by atoms with Crippen LogP contribution in [0.5, 0.6) is 0 Å². The van der Waals surface area contributed by atoms with Crippen LogP contribution in [0.15, 0.2) is 42.7 Å². The first-order valence-electron chi connectivity index (χ1n) is 6.89. The van der Waals surface area contributed by atoms with Gasteiger partial charge >= 0.3 is 0 Å². The summed E-state index contributed by atoms with van der Waals surface area (Å²) < 4.78 is 1.81. The second-order valence-corrected chi connectivity index (χ2v) is 4.95. The standard InChI is InChI=1S/C15H18N4O/c20-15(18-8-6-16-7-9-18)14-10-17-19(12-14)11-13-4-2-1-3-5-13/h1-5,10,12,16H,6-9,11H2. The molecule has 20 heavy (non-hydrogen) atoms. The first-order valence-corrected chi connectivity index (χ1v) is 6.89. The van der Waals surface area contributed by atoms with E-state index < -0.39 is 0 Å². The fraction of sp³-hybridized carbons (Fsp3) is 0.333. The average Bonchev–Trinajstić information content (AvgIpc) is 2.97. The van der Waals surface area contributed by atoms with Crippen LogP contribution in [0.2, 0.25) is 0 Å². The summed E-state index contributed by atoms with van der Waals surface area (Å²) in [5.41, 5.74) is 1.85. The minimum atomic E-state index is 0.0748. The molecular weight excluding hydrogens is 252 g/mol. The molecule has 1 saturated heterocycles. The van der Waals surface area contributed by atoms with Crippen LogP contribution in [0.25, 0.3) is 0 Å². The highest BCUT2D eigenvalue weighted by molar-refractivity contribution is 5.93. The molecule has 1 aromatic carbocycles. The molecule has 0 atom stereocenters. The molecule has 0 radical (unpaired) electrons. The van der Waals surface area contributed by atoms with E-state index in [-0.39, 0.29) is 5.91 Å². The average molecular weight is 270 g/mol. The lowest BCUT2D eigenvalue weighted by atomic mass is 10.2. The van der Waals surface area contributed by atoms with Crippen LogP contribution < -0.4 is 5.32 Å². The third-order valence-corrected chi connectivity index (χ3v) is 3.47. The third kappa shape index (κ3) is 2.88. The van der Waals surface area contributed by atoms with E-state index in [1.807, 2.05) is 34.0 Å². The summed E-state index contributed by atoms with van der Waals surface area (Å²) in [5, 5.41) is 7.53. The normalized spacial score (nSPS) is 15.3. The minimum absolute atomic E-state index is 0.0748. The molecule has 1 fully saturated rings. The molecule has 1 aliphatic heterocycles. The molecule has 2 heterocycles. The molecule has 1 N–H and O–H groups in total. The lowest BCUT2D eigenvalue weighted by Gasteiger charge is -2.26. The van der Waals surface area contributed by atoms with Gasteiger partial charge in [0.15, 0.2) is 0 Å². The minimum Gasteiger partial charge on any atom is -0.336 e. The number of rotatable bonds is 3. The van der Waals surface area contributed by atoms with Crippen LogP contribution in [0, 0.1) is 0 Å². The lowest BCUT2D eigenvalue weighted by Crippen LogP contribution is -2.46. The molecule has 1 aliphatic rings. The van der Waals surface area contributed by atoms with Crippen molar-refractivity contribution in [3.63, 3.8) is 0 Å². The Morgan fingerprint density at radius 2 is 1.95 bits per heavy atom. The van der Waals surface area contributed by atoms with E-state index in [9.17, 15) is 4.79 Å². The zero-order chi connectivity index (χ0) is 13.8. The van der Waals surface area contributed by atoms with Gasteiger partial charge in [-0.3, -0.25) is 9.48 Å². The summed E-state index contributed by atoms with van der Waals surface area (Å²) in [6.07, 6.45) is 3.49. The molecular formula is C15H18N4O. The van der Waals surface area contributed by atoms with Crippen molar-refractivity contribution in [2.75, 3.05) is 26.2 Å². The predicted octanol–water partition coefficient (Wildman–Crippen LogP) is 0.977. The van der Waals surface area contributed by atoms with E-state index in [0.717, 1.165) is 26.2 Å². The molecule has 0 aliphatic carbocycles. The Kier molecular flexibility index (Phi) is 3.78. The van der Waals surface area contributed by atoms with Gasteiger partial charge in [-0.25, -0.2) is 0 Å². The highest BCUT2D eigenvalue weighted by Gasteiger charge is 2.19. The molecule has 0 saturated carbocycles. The number of nitrogens with zero attached hydrogens (tertiary/aromatic N) is 3. The van der Waals surface area contributed by atoms with Crippen LogP contribution >= 0.6 is 0 Å². The van der Waals surface area contributed by atoms with Crippen molar-refractivity contribution in [2.24, 2.45) is 0 Å². The molecule has 3 rings (SSSR count). The molecule has 5 heteroatoms. The van der Waals surface area contributed by atoms with Crippen LogP contribution in [0.1, 0.15) is 15.9 Å². The second kappa shape index (κ2) is 5.88. The van der Waals surface area contributed by atoms with E-state index in [2.05, 4.69) is 22.5 Å². The van der Waals surface area contributed by atoms with Gasteiger partial charge in [-0.2, -0.15) is 5.10 Å². The molecule has 5 nitrogen and oxygen atoms in total. The van der Waals surface area contributed by atoms with Gasteiger partial charge in [-0.15, -0.1) is 0 Å². The maximum Gasteiger partial charge on any atom is 0.257 e. The number of benzene rings is 1. The second-order valence-electron chi connectivity index (χ2n) is 4.95. The van der Waals surface area contributed by atoms with Gasteiger partial charge in [0.05, 0.1) is 18.3 Å². The highest BCUT2D eigenvalue weighted by Crippen LogP contribution is 2.07. The lowest BCUT2D eigenvalue weighted by molar-refractivity contribution is 0.0735. The van der Waals surface area contributed by atoms with Gasteiger partial charge in [0, 0.05) is 32.4 Å². The van der Waals surface area contributed by atoms with E-state index >= 15 is 0 Å². The largest absolute Gasteiger partial charge is 0.336 e. The molecule has 104 valence electrons. The topological polar surface area (TPSA) is 50.2 Å². The van der Waals surface area contributed by atoms with Gasteiger partial charge < -0.3 is 10.2 Å². The molecule has 0 spiro atoms. The van der Waals surface area contributed by atoms with Gasteiger partial charge in [0.25, 0.3) is 5.91 Å². The van der Waals surface area contributed by atoms with Crippen molar-refractivity contribution in [3.8, 4) is 0 Å². The van der Waals surface area contributed by atoms with Crippen molar-refractivity contribution < 1.29 is 4.79 Å². The zero-order valence-electron chi connectivity index (χ0n) is 11.3. The van der Waals surface area contributed by atoms with Gasteiger partial charge in [-0.1, -0.05) is 30.3 Å². The Morgan fingerprint density at radius 1 is 1.20 bits per heavy atom. The number of piperazine rings is 1. The number of hydrogen-bond acceptors (Lipinski definition) is 3. The Morgan fingerprint density at radius 3 is 2.70 bits per heavy atom. The predicted molar refractivity (Wildman–Crippen MR) is 76.5 cm³/mol. The fourth-order valence-corrected chi connectivity index (χ4v) is 2.38. The molecule has 0 bridgehead atoms. The Bertz CT molecular complexity index is 573. The quantitative estimate of drug-likeness (QED) is 0.904. The number of hydrogen-bond donors (Lipinski definition) is 1. The Labute approximate surface area is 118 Å². The van der Waals surface area contributed by atoms with E-state index in [4.69, 9.17) is 0 Å². The van der Waals surface area contributed by atoms with Crippen molar-refractivity contribution in [1.82, 2.24) is 20.0 Å². The SMILES string of the molecule is O=C(c1cnn(Cc2ccccc2)c1)N1CCNCC1. The molecule has 2 aromatic rings. The Balaban J connectivity index is 1.68. The molecule has 1 amide bonds. The summed E-state index contributed by atoms with van der Waals surface area (Å²) in [4.78, 5) is 14.2. The summed E-state index contributed by atoms with van der Waals surface area (Å²) in [6.45, 7) is 3.95. The van der Waals surface area contributed by atoms with Crippen molar-refractivity contribution in [1.29, 1.82) is 0 Å². The third-order valence-electron chi connectivity index (χ3n) is 3.47. The van der Waals surface area contributed by atoms with Crippen molar-refractivity contribution in [2.45, 2.75) is 6.54 Å². The summed E-state index contributed by atoms with van der Waals surface area (Å²) >= 11 is 0. The van der Waals surface area contributed by atoms with Crippen molar-refractivity contribution in [3.05, 3.63) is 53.9 Å². The molecule has 0 unspecified atom stereocenters. The number of nitrogens with one attached hydrogen (secondary N) is 1. The van der Waals surface area contributed by atoms with Gasteiger partial charge in [0.1, 0.15) is 0 Å². The first-order chi connectivity index (χ1) is 9.83. The number of carbonyl (C=O) groups excluding carboxylic acids is 1. The van der Waals surface area contributed by atoms with E-state index in [0.29, 0.717) is 12.1 Å². The summed E-state index contributed by atoms with van der Waals surface area (Å²) in [6, 6.07) is 10.1. The smallest absolute Gasteiger partial charge is 0.257 e. The number of aromatic nitrogens is 2. The summed E-state index contributed by atoms with van der Waals surface area (Å²) in [7, 11) is 0. The van der Waals surface area contributed by atoms with E-state index in [1.54, 1.807) is 6.20 Å². The monoisotopic (exact) mass is 270 g/mol. The maximum absolute atomic E-state index is 12.3. The highest BCUT2D eigenvalue weighted by atomic mass is 16.2. The first kappa shape index (κ1) is 12.9.